The fourth-order valence-corrected chi connectivity index (χ4v) is 3.03. The normalized spacial score (nSPS) is 16.1. The van der Waals surface area contributed by atoms with Crippen molar-refractivity contribution < 1.29 is 9.21 Å². The first-order chi connectivity index (χ1) is 8.81. The quantitative estimate of drug-likeness (QED) is 0.754. The van der Waals surface area contributed by atoms with E-state index in [0.29, 0.717) is 18.9 Å². The average molecular weight is 314 g/mol. The Bertz CT molecular complexity index is 358. The number of nitrogens with zero attached hydrogens (tertiary/aromatic N) is 1. The Morgan fingerprint density at radius 1 is 1.44 bits per heavy atom. The van der Waals surface area contributed by atoms with Gasteiger partial charge >= 0.3 is 0 Å². The first-order valence-corrected chi connectivity index (χ1v) is 7.81. The van der Waals surface area contributed by atoms with Gasteiger partial charge in [0.05, 0.1) is 6.26 Å². The summed E-state index contributed by atoms with van der Waals surface area (Å²) in [5.74, 6) is 1.16. The Balaban J connectivity index is 1.86. The minimum Gasteiger partial charge on any atom is -0.469 e. The Labute approximate surface area is 117 Å². The zero-order chi connectivity index (χ0) is 12.8. The van der Waals surface area contributed by atoms with Crippen LogP contribution in [-0.2, 0) is 11.2 Å². The molecule has 4 heteroatoms. The van der Waals surface area contributed by atoms with Gasteiger partial charge in [-0.15, -0.1) is 0 Å². The number of rotatable bonds is 6. The number of carbonyl (C=O) groups excluding carboxylic acids is 1. The van der Waals surface area contributed by atoms with Crippen LogP contribution < -0.4 is 0 Å². The lowest BCUT2D eigenvalue weighted by molar-refractivity contribution is -0.133. The molecule has 0 radical (unpaired) electrons. The Hall–Kier alpha value is -0.770. The van der Waals surface area contributed by atoms with Crippen LogP contribution in [-0.4, -0.2) is 28.7 Å². The van der Waals surface area contributed by atoms with Crippen LogP contribution in [0, 0.1) is 0 Å². The van der Waals surface area contributed by atoms with Crippen LogP contribution in [0.4, 0.5) is 0 Å². The summed E-state index contributed by atoms with van der Waals surface area (Å²) >= 11 is 3.44. The highest BCUT2D eigenvalue weighted by molar-refractivity contribution is 9.09. The van der Waals surface area contributed by atoms with Crippen molar-refractivity contribution >= 4 is 21.8 Å². The maximum atomic E-state index is 12.3. The molecule has 3 nitrogen and oxygen atoms in total. The lowest BCUT2D eigenvalue weighted by atomic mass is 10.1. The fraction of sp³-hybridized carbons (Fsp3) is 0.643. The topological polar surface area (TPSA) is 33.5 Å². The van der Waals surface area contributed by atoms with Crippen molar-refractivity contribution in [1.29, 1.82) is 0 Å². The van der Waals surface area contributed by atoms with Gasteiger partial charge in [-0.25, -0.2) is 0 Å². The van der Waals surface area contributed by atoms with E-state index in [1.807, 2.05) is 12.1 Å². The molecule has 18 heavy (non-hydrogen) atoms. The van der Waals surface area contributed by atoms with E-state index in [9.17, 15) is 4.79 Å². The van der Waals surface area contributed by atoms with E-state index < -0.39 is 0 Å². The zero-order valence-electron chi connectivity index (χ0n) is 10.6. The van der Waals surface area contributed by atoms with E-state index in [1.165, 1.54) is 25.7 Å². The number of hydrogen-bond acceptors (Lipinski definition) is 2. The summed E-state index contributed by atoms with van der Waals surface area (Å²) in [7, 11) is 0. The molecule has 1 amide bonds. The third kappa shape index (κ3) is 3.61. The van der Waals surface area contributed by atoms with Crippen LogP contribution in [0.3, 0.4) is 0 Å². The number of aryl methyl sites for hydroxylation is 1. The molecule has 0 aromatic carbocycles. The highest BCUT2D eigenvalue weighted by Crippen LogP contribution is 2.24. The number of hydrogen-bond donors (Lipinski definition) is 0. The number of furan rings is 1. The van der Waals surface area contributed by atoms with Gasteiger partial charge in [-0.1, -0.05) is 28.8 Å². The van der Waals surface area contributed by atoms with Gasteiger partial charge in [0.2, 0.25) is 5.91 Å². The summed E-state index contributed by atoms with van der Waals surface area (Å²) in [6.07, 6.45) is 7.77. The van der Waals surface area contributed by atoms with Gasteiger partial charge in [-0.2, -0.15) is 0 Å². The standard InChI is InChI=1S/C14H20BrNO2/c15-9-10-16(12-4-1-2-5-12)14(17)8-7-13-6-3-11-18-13/h3,6,11-12H,1-2,4-5,7-10H2. The van der Waals surface area contributed by atoms with E-state index in [2.05, 4.69) is 20.8 Å². The van der Waals surface area contributed by atoms with Gasteiger partial charge in [-0.05, 0) is 25.0 Å². The second-order valence-electron chi connectivity index (χ2n) is 4.79. The van der Waals surface area contributed by atoms with Crippen molar-refractivity contribution in [3.05, 3.63) is 24.2 Å². The van der Waals surface area contributed by atoms with Crippen LogP contribution in [0.1, 0.15) is 37.9 Å². The van der Waals surface area contributed by atoms with Gasteiger partial charge in [0.15, 0.2) is 0 Å². The molecule has 0 atom stereocenters. The predicted octanol–water partition coefficient (Wildman–Crippen LogP) is 3.38. The van der Waals surface area contributed by atoms with Crippen molar-refractivity contribution in [3.8, 4) is 0 Å². The summed E-state index contributed by atoms with van der Waals surface area (Å²) < 4.78 is 5.27. The minimum absolute atomic E-state index is 0.262. The molecule has 0 unspecified atom stereocenters. The Kier molecular flexibility index (Phi) is 5.29. The van der Waals surface area contributed by atoms with E-state index in [1.54, 1.807) is 6.26 Å². The molecule has 0 bridgehead atoms. The molecule has 1 aromatic heterocycles. The molecule has 1 saturated carbocycles. The summed E-state index contributed by atoms with van der Waals surface area (Å²) in [5.41, 5.74) is 0. The van der Waals surface area contributed by atoms with Gasteiger partial charge in [-0.3, -0.25) is 4.79 Å². The summed E-state index contributed by atoms with van der Waals surface area (Å²) in [4.78, 5) is 14.3. The highest BCUT2D eigenvalue weighted by Gasteiger charge is 2.25. The van der Waals surface area contributed by atoms with Crippen LogP contribution in [0.2, 0.25) is 0 Å². The maximum Gasteiger partial charge on any atom is 0.223 e. The van der Waals surface area contributed by atoms with Crippen molar-refractivity contribution in [1.82, 2.24) is 4.90 Å². The zero-order valence-corrected chi connectivity index (χ0v) is 12.2. The minimum atomic E-state index is 0.262. The van der Waals surface area contributed by atoms with Crippen molar-refractivity contribution in [2.45, 2.75) is 44.6 Å². The van der Waals surface area contributed by atoms with Gasteiger partial charge in [0.1, 0.15) is 5.76 Å². The molecular formula is C14H20BrNO2. The van der Waals surface area contributed by atoms with Crippen LogP contribution in [0.25, 0.3) is 0 Å². The van der Waals surface area contributed by atoms with Crippen LogP contribution in [0.5, 0.6) is 0 Å². The van der Waals surface area contributed by atoms with Crippen LogP contribution in [0.15, 0.2) is 22.8 Å². The lowest BCUT2D eigenvalue weighted by Gasteiger charge is -2.28. The Morgan fingerprint density at radius 3 is 2.83 bits per heavy atom. The first kappa shape index (κ1) is 13.7. The predicted molar refractivity (Wildman–Crippen MR) is 74.8 cm³/mol. The molecule has 0 N–H and O–H groups in total. The third-order valence-electron chi connectivity index (χ3n) is 3.58. The molecule has 1 heterocycles. The molecule has 1 aliphatic rings. The second-order valence-corrected chi connectivity index (χ2v) is 5.59. The summed E-state index contributed by atoms with van der Waals surface area (Å²) in [6.45, 7) is 0.821. The SMILES string of the molecule is O=C(CCc1ccco1)N(CCBr)C1CCCC1. The largest absolute Gasteiger partial charge is 0.469 e. The summed E-state index contributed by atoms with van der Waals surface area (Å²) in [5, 5.41) is 0.857. The number of alkyl halides is 1. The van der Waals surface area contributed by atoms with Crippen molar-refractivity contribution in [2.75, 3.05) is 11.9 Å². The van der Waals surface area contributed by atoms with Gasteiger partial charge in [0.25, 0.3) is 0 Å². The van der Waals surface area contributed by atoms with E-state index >= 15 is 0 Å². The van der Waals surface area contributed by atoms with Crippen molar-refractivity contribution in [2.24, 2.45) is 0 Å². The second kappa shape index (κ2) is 6.98. The Morgan fingerprint density at radius 2 is 2.22 bits per heavy atom. The van der Waals surface area contributed by atoms with E-state index in [-0.39, 0.29) is 5.91 Å². The van der Waals surface area contributed by atoms with E-state index in [4.69, 9.17) is 4.42 Å². The van der Waals surface area contributed by atoms with Crippen LogP contribution >= 0.6 is 15.9 Å². The first-order valence-electron chi connectivity index (χ1n) is 6.69. The third-order valence-corrected chi connectivity index (χ3v) is 3.93. The lowest BCUT2D eigenvalue weighted by Crippen LogP contribution is -2.40. The molecule has 0 saturated heterocycles. The van der Waals surface area contributed by atoms with Crippen molar-refractivity contribution in [3.63, 3.8) is 0 Å². The summed E-state index contributed by atoms with van der Waals surface area (Å²) in [6, 6.07) is 4.26. The molecule has 100 valence electrons. The smallest absolute Gasteiger partial charge is 0.223 e. The van der Waals surface area contributed by atoms with Gasteiger partial charge < -0.3 is 9.32 Å². The monoisotopic (exact) mass is 313 g/mol. The number of halogens is 1. The average Bonchev–Trinajstić information content (AvgIpc) is 3.05. The fourth-order valence-electron chi connectivity index (χ4n) is 2.65. The van der Waals surface area contributed by atoms with Gasteiger partial charge in [0, 0.05) is 30.8 Å². The molecule has 0 aliphatic heterocycles. The number of amides is 1. The maximum absolute atomic E-state index is 12.3. The highest BCUT2D eigenvalue weighted by atomic mass is 79.9. The molecule has 1 fully saturated rings. The molecule has 0 spiro atoms. The van der Waals surface area contributed by atoms with E-state index in [0.717, 1.165) is 17.6 Å². The molecule has 2 rings (SSSR count). The number of carbonyl (C=O) groups is 1. The molecule has 1 aromatic rings. The molecular weight excluding hydrogens is 294 g/mol. The molecule has 1 aliphatic carbocycles.